The highest BCUT2D eigenvalue weighted by Gasteiger charge is 2.20. The van der Waals surface area contributed by atoms with Crippen LogP contribution >= 0.6 is 0 Å². The van der Waals surface area contributed by atoms with Crippen molar-refractivity contribution >= 4 is 21.4 Å². The molecule has 1 N–H and O–H groups in total. The fourth-order valence-electron chi connectivity index (χ4n) is 1.54. The number of hydrogen-bond acceptors (Lipinski definition) is 3. The van der Waals surface area contributed by atoms with Gasteiger partial charge in [-0.2, -0.15) is 0 Å². The Morgan fingerprint density at radius 2 is 1.93 bits per heavy atom. The van der Waals surface area contributed by atoms with Gasteiger partial charge in [-0.05, 0) is 11.6 Å². The molecule has 0 bridgehead atoms. The Balaban J connectivity index is 2.47. The number of anilines is 1. The van der Waals surface area contributed by atoms with Gasteiger partial charge < -0.3 is 5.32 Å². The summed E-state index contributed by atoms with van der Waals surface area (Å²) in [5.74, 6) is -0.317. The lowest BCUT2D eigenvalue weighted by atomic mass is 10.2. The maximum atomic E-state index is 11.6. The van der Waals surface area contributed by atoms with E-state index in [1.807, 2.05) is 0 Å². The van der Waals surface area contributed by atoms with Crippen molar-refractivity contribution in [3.63, 3.8) is 0 Å². The van der Waals surface area contributed by atoms with Crippen LogP contribution < -0.4 is 5.32 Å². The second-order valence-corrected chi connectivity index (χ2v) is 5.73. The molecule has 1 aromatic rings. The lowest BCUT2D eigenvalue weighted by molar-refractivity contribution is -0.115. The van der Waals surface area contributed by atoms with Gasteiger partial charge in [0.2, 0.25) is 5.91 Å². The summed E-state index contributed by atoms with van der Waals surface area (Å²) in [7, 11) is -3.15. The van der Waals surface area contributed by atoms with Crippen LogP contribution in [0.4, 0.5) is 5.69 Å². The Kier molecular flexibility index (Phi) is 2.48. The Morgan fingerprint density at radius 1 is 1.20 bits per heavy atom. The monoisotopic (exact) mass is 225 g/mol. The van der Waals surface area contributed by atoms with Gasteiger partial charge in [0.1, 0.15) is 0 Å². The SMILES string of the molecule is O=C1CCS(=O)(=O)Cc2ccccc2N1. The summed E-state index contributed by atoms with van der Waals surface area (Å²) >= 11 is 0. The molecule has 0 saturated carbocycles. The number of nitrogens with one attached hydrogen (secondary N) is 1. The van der Waals surface area contributed by atoms with E-state index in [9.17, 15) is 13.2 Å². The second kappa shape index (κ2) is 3.66. The number of carbonyl (C=O) groups is 1. The van der Waals surface area contributed by atoms with E-state index in [2.05, 4.69) is 5.32 Å². The molecule has 0 aromatic heterocycles. The molecule has 0 atom stereocenters. The molecule has 1 amide bonds. The lowest BCUT2D eigenvalue weighted by Crippen LogP contribution is -2.22. The first-order chi connectivity index (χ1) is 7.07. The molecule has 4 nitrogen and oxygen atoms in total. The first-order valence-electron chi connectivity index (χ1n) is 4.65. The summed E-state index contributed by atoms with van der Waals surface area (Å²) in [5, 5.41) is 2.70. The Hall–Kier alpha value is -1.36. The first-order valence-corrected chi connectivity index (χ1v) is 6.47. The van der Waals surface area contributed by atoms with Gasteiger partial charge in [-0.25, -0.2) is 8.42 Å². The number of benzene rings is 1. The third-order valence-corrected chi connectivity index (χ3v) is 3.88. The van der Waals surface area contributed by atoms with Crippen LogP contribution in [0, 0.1) is 0 Å². The third kappa shape index (κ3) is 2.36. The molecule has 5 heteroatoms. The Bertz CT molecular complexity index is 493. The molecular weight excluding hydrogens is 214 g/mol. The molecule has 0 aliphatic carbocycles. The van der Waals surface area contributed by atoms with Gasteiger partial charge in [0.05, 0.1) is 11.5 Å². The van der Waals surface area contributed by atoms with Crippen LogP contribution in [0.5, 0.6) is 0 Å². The van der Waals surface area contributed by atoms with Crippen LogP contribution in [0.2, 0.25) is 0 Å². The Morgan fingerprint density at radius 3 is 2.73 bits per heavy atom. The largest absolute Gasteiger partial charge is 0.326 e. The number of para-hydroxylation sites is 1. The van der Waals surface area contributed by atoms with Gasteiger partial charge in [0.25, 0.3) is 0 Å². The standard InChI is InChI=1S/C10H11NO3S/c12-10-5-6-15(13,14)7-8-3-1-2-4-9(8)11-10/h1-4H,5-7H2,(H,11,12). The van der Waals surface area contributed by atoms with E-state index in [-0.39, 0.29) is 23.8 Å². The summed E-state index contributed by atoms with van der Waals surface area (Å²) in [6.07, 6.45) is 0.0384. The van der Waals surface area contributed by atoms with Gasteiger partial charge in [0, 0.05) is 12.1 Å². The van der Waals surface area contributed by atoms with Crippen molar-refractivity contribution in [1.82, 2.24) is 0 Å². The minimum Gasteiger partial charge on any atom is -0.326 e. The fraction of sp³-hybridized carbons (Fsp3) is 0.300. The van der Waals surface area contributed by atoms with E-state index in [1.54, 1.807) is 24.3 Å². The zero-order chi connectivity index (χ0) is 10.9. The molecule has 1 aliphatic rings. The van der Waals surface area contributed by atoms with Crippen LogP contribution in [-0.4, -0.2) is 20.1 Å². The Labute approximate surface area is 88.2 Å². The van der Waals surface area contributed by atoms with Crippen molar-refractivity contribution in [2.45, 2.75) is 12.2 Å². The number of amides is 1. The number of carbonyl (C=O) groups excluding carboxylic acids is 1. The van der Waals surface area contributed by atoms with Crippen LogP contribution in [0.25, 0.3) is 0 Å². The zero-order valence-electron chi connectivity index (χ0n) is 8.06. The molecule has 0 saturated heterocycles. The number of hydrogen-bond donors (Lipinski definition) is 1. The van der Waals surface area contributed by atoms with Crippen LogP contribution in [0.15, 0.2) is 24.3 Å². The van der Waals surface area contributed by atoms with Gasteiger partial charge >= 0.3 is 0 Å². The summed E-state index contributed by atoms with van der Waals surface area (Å²) < 4.78 is 23.1. The summed E-state index contributed by atoms with van der Waals surface area (Å²) in [5.41, 5.74) is 1.26. The average molecular weight is 225 g/mol. The molecule has 0 radical (unpaired) electrons. The second-order valence-electron chi connectivity index (χ2n) is 3.55. The van der Waals surface area contributed by atoms with Crippen molar-refractivity contribution in [3.05, 3.63) is 29.8 Å². The van der Waals surface area contributed by atoms with Crippen molar-refractivity contribution in [2.24, 2.45) is 0 Å². The molecule has 0 fully saturated rings. The highest BCUT2D eigenvalue weighted by molar-refractivity contribution is 7.90. The van der Waals surface area contributed by atoms with Gasteiger partial charge in [-0.1, -0.05) is 18.2 Å². The minimum absolute atomic E-state index is 0.00343. The third-order valence-electron chi connectivity index (χ3n) is 2.31. The van der Waals surface area contributed by atoms with Crippen molar-refractivity contribution in [2.75, 3.05) is 11.1 Å². The summed E-state index contributed by atoms with van der Waals surface area (Å²) in [4.78, 5) is 11.3. The number of sulfone groups is 1. The maximum Gasteiger partial charge on any atom is 0.225 e. The molecule has 1 aromatic carbocycles. The quantitative estimate of drug-likeness (QED) is 0.714. The first kappa shape index (κ1) is 10.2. The topological polar surface area (TPSA) is 63.2 Å². The molecule has 0 unspecified atom stereocenters. The molecule has 2 rings (SSSR count). The van der Waals surface area contributed by atoms with E-state index in [0.717, 1.165) is 0 Å². The normalized spacial score (nSPS) is 19.6. The van der Waals surface area contributed by atoms with E-state index < -0.39 is 9.84 Å². The highest BCUT2D eigenvalue weighted by atomic mass is 32.2. The van der Waals surface area contributed by atoms with Crippen molar-refractivity contribution in [1.29, 1.82) is 0 Å². The van der Waals surface area contributed by atoms with Gasteiger partial charge in [0.15, 0.2) is 9.84 Å². The van der Waals surface area contributed by atoms with Crippen molar-refractivity contribution in [3.8, 4) is 0 Å². The molecule has 80 valence electrons. The van der Waals surface area contributed by atoms with Crippen LogP contribution in [0.1, 0.15) is 12.0 Å². The van der Waals surface area contributed by atoms with Gasteiger partial charge in [-0.3, -0.25) is 4.79 Å². The minimum atomic E-state index is -3.15. The molecule has 0 spiro atoms. The number of rotatable bonds is 0. The lowest BCUT2D eigenvalue weighted by Gasteiger charge is -2.14. The predicted octanol–water partition coefficient (Wildman–Crippen LogP) is 0.944. The summed E-state index contributed by atoms with van der Waals surface area (Å²) in [6.45, 7) is 0. The molecule has 1 aliphatic heterocycles. The molecular formula is C10H11NO3S. The van der Waals surface area contributed by atoms with Crippen LogP contribution in [-0.2, 0) is 20.4 Å². The average Bonchev–Trinajstić information content (AvgIpc) is 2.16. The zero-order valence-corrected chi connectivity index (χ0v) is 8.88. The fourth-order valence-corrected chi connectivity index (χ4v) is 2.90. The van der Waals surface area contributed by atoms with Crippen LogP contribution in [0.3, 0.4) is 0 Å². The van der Waals surface area contributed by atoms with E-state index in [4.69, 9.17) is 0 Å². The van der Waals surface area contributed by atoms with E-state index >= 15 is 0 Å². The van der Waals surface area contributed by atoms with E-state index in [1.165, 1.54) is 0 Å². The van der Waals surface area contributed by atoms with Gasteiger partial charge in [-0.15, -0.1) is 0 Å². The highest BCUT2D eigenvalue weighted by Crippen LogP contribution is 2.20. The molecule has 15 heavy (non-hydrogen) atoms. The maximum absolute atomic E-state index is 11.6. The number of fused-ring (bicyclic) bond motifs is 1. The van der Waals surface area contributed by atoms with E-state index in [0.29, 0.717) is 11.3 Å². The smallest absolute Gasteiger partial charge is 0.225 e. The summed E-state index contributed by atoms with van der Waals surface area (Å²) in [6, 6.07) is 6.97. The predicted molar refractivity (Wildman–Crippen MR) is 57.2 cm³/mol. The molecule has 1 heterocycles. The van der Waals surface area contributed by atoms with Crippen molar-refractivity contribution < 1.29 is 13.2 Å².